The maximum absolute atomic E-state index is 13.2. The van der Waals surface area contributed by atoms with Crippen molar-refractivity contribution >= 4 is 26.7 Å². The van der Waals surface area contributed by atoms with Crippen LogP contribution in [0.15, 0.2) is 42.5 Å². The summed E-state index contributed by atoms with van der Waals surface area (Å²) in [7, 11) is 0. The van der Waals surface area contributed by atoms with Crippen molar-refractivity contribution in [2.45, 2.75) is 19.9 Å². The van der Waals surface area contributed by atoms with Gasteiger partial charge < -0.3 is 5.32 Å². The first-order valence-electron chi connectivity index (χ1n) is 6.51. The minimum absolute atomic E-state index is 0.0207. The van der Waals surface area contributed by atoms with E-state index in [-0.39, 0.29) is 11.9 Å². The van der Waals surface area contributed by atoms with Crippen molar-refractivity contribution in [2.75, 3.05) is 5.32 Å². The van der Waals surface area contributed by atoms with Crippen LogP contribution in [0.5, 0.6) is 0 Å². The molecule has 0 spiro atoms. The smallest absolute Gasteiger partial charge is 0.184 e. The summed E-state index contributed by atoms with van der Waals surface area (Å²) in [5.41, 5.74) is 3.14. The largest absolute Gasteiger partial charge is 0.355 e. The van der Waals surface area contributed by atoms with E-state index in [0.29, 0.717) is 0 Å². The van der Waals surface area contributed by atoms with Crippen molar-refractivity contribution in [3.05, 3.63) is 59.4 Å². The van der Waals surface area contributed by atoms with Crippen molar-refractivity contribution in [1.82, 2.24) is 4.98 Å². The molecule has 0 aliphatic rings. The van der Waals surface area contributed by atoms with Crippen LogP contribution in [0.25, 0.3) is 10.2 Å². The zero-order valence-electron chi connectivity index (χ0n) is 11.4. The van der Waals surface area contributed by atoms with Crippen LogP contribution in [0.4, 0.5) is 9.52 Å². The lowest BCUT2D eigenvalue weighted by Gasteiger charge is -2.13. The summed E-state index contributed by atoms with van der Waals surface area (Å²) in [6.07, 6.45) is 0. The molecular formula is C16H15FN2S. The molecule has 2 nitrogen and oxygen atoms in total. The molecule has 0 bridgehead atoms. The van der Waals surface area contributed by atoms with E-state index in [2.05, 4.69) is 29.4 Å². The Morgan fingerprint density at radius 1 is 1.20 bits per heavy atom. The van der Waals surface area contributed by atoms with E-state index in [1.54, 1.807) is 23.5 Å². The van der Waals surface area contributed by atoms with Gasteiger partial charge >= 0.3 is 0 Å². The molecule has 0 aliphatic heterocycles. The van der Waals surface area contributed by atoms with Gasteiger partial charge in [0, 0.05) is 0 Å². The number of halogens is 1. The first kappa shape index (κ1) is 13.1. The van der Waals surface area contributed by atoms with Crippen LogP contribution in [0, 0.1) is 12.7 Å². The van der Waals surface area contributed by atoms with Gasteiger partial charge in [-0.25, -0.2) is 9.37 Å². The number of hydrogen-bond donors (Lipinski definition) is 1. The summed E-state index contributed by atoms with van der Waals surface area (Å²) >= 11 is 1.62. The Balaban J connectivity index is 1.85. The van der Waals surface area contributed by atoms with Crippen molar-refractivity contribution in [1.29, 1.82) is 0 Å². The number of thiazole rings is 1. The maximum Gasteiger partial charge on any atom is 0.184 e. The molecule has 1 atom stereocenters. The number of benzene rings is 2. The zero-order valence-corrected chi connectivity index (χ0v) is 12.2. The molecule has 0 saturated carbocycles. The molecule has 2 aromatic carbocycles. The monoisotopic (exact) mass is 286 g/mol. The van der Waals surface area contributed by atoms with E-state index in [0.717, 1.165) is 16.2 Å². The number of nitrogens with one attached hydrogen (secondary N) is 1. The van der Waals surface area contributed by atoms with E-state index in [1.165, 1.54) is 16.3 Å². The van der Waals surface area contributed by atoms with Crippen LogP contribution < -0.4 is 5.32 Å². The molecule has 4 heteroatoms. The molecule has 1 heterocycles. The molecule has 0 saturated heterocycles. The van der Waals surface area contributed by atoms with Crippen molar-refractivity contribution in [3.8, 4) is 0 Å². The highest BCUT2D eigenvalue weighted by atomic mass is 32.1. The van der Waals surface area contributed by atoms with Gasteiger partial charge in [-0.3, -0.25) is 0 Å². The fourth-order valence-corrected chi connectivity index (χ4v) is 3.19. The molecule has 0 radical (unpaired) electrons. The van der Waals surface area contributed by atoms with Crippen LogP contribution in [0.2, 0.25) is 0 Å². The maximum atomic E-state index is 13.2. The lowest BCUT2D eigenvalue weighted by atomic mass is 10.1. The highest BCUT2D eigenvalue weighted by Crippen LogP contribution is 2.29. The number of fused-ring (bicyclic) bond motifs is 1. The number of aromatic nitrogens is 1. The Bertz CT molecular complexity index is 751. The quantitative estimate of drug-likeness (QED) is 0.739. The number of hydrogen-bond acceptors (Lipinski definition) is 3. The summed E-state index contributed by atoms with van der Waals surface area (Å²) in [6.45, 7) is 4.08. The molecule has 0 aliphatic carbocycles. The van der Waals surface area contributed by atoms with Gasteiger partial charge in [0.1, 0.15) is 5.82 Å². The lowest BCUT2D eigenvalue weighted by Crippen LogP contribution is -2.06. The van der Waals surface area contributed by atoms with E-state index in [9.17, 15) is 4.39 Å². The van der Waals surface area contributed by atoms with Gasteiger partial charge in [-0.15, -0.1) is 0 Å². The standard InChI is InChI=1S/C16H15FN2S/c1-10-6-7-14-15(8-10)20-16(19-14)18-11(2)12-4-3-5-13(17)9-12/h3-9,11H,1-2H3,(H,18,19). The Kier molecular flexibility index (Phi) is 3.40. The summed E-state index contributed by atoms with van der Waals surface area (Å²) in [5, 5.41) is 4.20. The molecule has 3 aromatic rings. The average molecular weight is 286 g/mol. The zero-order chi connectivity index (χ0) is 14.1. The van der Waals surface area contributed by atoms with Gasteiger partial charge in [-0.1, -0.05) is 29.5 Å². The second-order valence-corrected chi connectivity index (χ2v) is 5.94. The number of nitrogens with zero attached hydrogens (tertiary/aromatic N) is 1. The Morgan fingerprint density at radius 3 is 2.85 bits per heavy atom. The fraction of sp³-hybridized carbons (Fsp3) is 0.188. The van der Waals surface area contributed by atoms with Gasteiger partial charge in [-0.05, 0) is 49.2 Å². The van der Waals surface area contributed by atoms with Gasteiger partial charge in [0.05, 0.1) is 16.3 Å². The Morgan fingerprint density at radius 2 is 2.05 bits per heavy atom. The third-order valence-electron chi connectivity index (χ3n) is 3.23. The Labute approximate surface area is 121 Å². The normalized spacial score (nSPS) is 12.6. The summed E-state index contributed by atoms with van der Waals surface area (Å²) in [6, 6.07) is 12.9. The molecule has 3 rings (SSSR count). The molecule has 20 heavy (non-hydrogen) atoms. The van der Waals surface area contributed by atoms with E-state index < -0.39 is 0 Å². The van der Waals surface area contributed by atoms with Crippen LogP contribution in [0.3, 0.4) is 0 Å². The highest BCUT2D eigenvalue weighted by Gasteiger charge is 2.09. The predicted octanol–water partition coefficient (Wildman–Crippen LogP) is 4.92. The minimum Gasteiger partial charge on any atom is -0.355 e. The van der Waals surface area contributed by atoms with E-state index in [4.69, 9.17) is 0 Å². The molecular weight excluding hydrogens is 271 g/mol. The second-order valence-electron chi connectivity index (χ2n) is 4.91. The van der Waals surface area contributed by atoms with Gasteiger partial charge in [0.2, 0.25) is 0 Å². The topological polar surface area (TPSA) is 24.9 Å². The number of rotatable bonds is 3. The SMILES string of the molecule is Cc1ccc2nc(NC(C)c3cccc(F)c3)sc2c1. The van der Waals surface area contributed by atoms with Crippen molar-refractivity contribution < 1.29 is 4.39 Å². The van der Waals surface area contributed by atoms with Gasteiger partial charge in [0.15, 0.2) is 5.13 Å². The first-order valence-corrected chi connectivity index (χ1v) is 7.33. The van der Waals surface area contributed by atoms with Crippen LogP contribution in [-0.2, 0) is 0 Å². The average Bonchev–Trinajstić information content (AvgIpc) is 2.80. The first-order chi connectivity index (χ1) is 9.61. The molecule has 1 unspecified atom stereocenters. The second kappa shape index (κ2) is 5.21. The fourth-order valence-electron chi connectivity index (χ4n) is 2.14. The summed E-state index contributed by atoms with van der Waals surface area (Å²) in [5.74, 6) is -0.212. The molecule has 102 valence electrons. The number of anilines is 1. The third kappa shape index (κ3) is 2.65. The minimum atomic E-state index is -0.212. The molecule has 0 fully saturated rings. The summed E-state index contributed by atoms with van der Waals surface area (Å²) in [4.78, 5) is 4.56. The van der Waals surface area contributed by atoms with Gasteiger partial charge in [0.25, 0.3) is 0 Å². The van der Waals surface area contributed by atoms with E-state index >= 15 is 0 Å². The number of aryl methyl sites for hydroxylation is 1. The molecule has 1 aromatic heterocycles. The summed E-state index contributed by atoms with van der Waals surface area (Å²) < 4.78 is 14.4. The third-order valence-corrected chi connectivity index (χ3v) is 4.18. The van der Waals surface area contributed by atoms with Crippen LogP contribution in [-0.4, -0.2) is 4.98 Å². The van der Waals surface area contributed by atoms with Crippen molar-refractivity contribution in [2.24, 2.45) is 0 Å². The Hall–Kier alpha value is -1.94. The molecule has 0 amide bonds. The highest BCUT2D eigenvalue weighted by molar-refractivity contribution is 7.22. The van der Waals surface area contributed by atoms with Crippen LogP contribution >= 0.6 is 11.3 Å². The lowest BCUT2D eigenvalue weighted by molar-refractivity contribution is 0.623. The van der Waals surface area contributed by atoms with Crippen LogP contribution in [0.1, 0.15) is 24.1 Å². The predicted molar refractivity (Wildman–Crippen MR) is 82.8 cm³/mol. The van der Waals surface area contributed by atoms with Gasteiger partial charge in [-0.2, -0.15) is 0 Å². The van der Waals surface area contributed by atoms with Crippen molar-refractivity contribution in [3.63, 3.8) is 0 Å². The van der Waals surface area contributed by atoms with E-state index in [1.807, 2.05) is 19.1 Å². The molecule has 1 N–H and O–H groups in total.